The molecule has 8 nitrogen and oxygen atoms in total. The van der Waals surface area contributed by atoms with E-state index in [1.54, 1.807) is 47.6 Å². The van der Waals surface area contributed by atoms with Crippen LogP contribution in [0.15, 0.2) is 23.5 Å². The van der Waals surface area contributed by atoms with Gasteiger partial charge in [-0.1, -0.05) is 11.6 Å². The molecule has 0 bridgehead atoms. The summed E-state index contributed by atoms with van der Waals surface area (Å²) in [7, 11) is 0. The van der Waals surface area contributed by atoms with Crippen LogP contribution in [-0.4, -0.2) is 35.4 Å². The van der Waals surface area contributed by atoms with Crippen molar-refractivity contribution in [1.29, 1.82) is 0 Å². The molecule has 1 unspecified atom stereocenters. The average Bonchev–Trinajstić information content (AvgIpc) is 2.50. The van der Waals surface area contributed by atoms with Crippen molar-refractivity contribution in [2.75, 3.05) is 0 Å². The second kappa shape index (κ2) is 8.47. The quantitative estimate of drug-likeness (QED) is 0.545. The van der Waals surface area contributed by atoms with Gasteiger partial charge in [0.1, 0.15) is 17.0 Å². The summed E-state index contributed by atoms with van der Waals surface area (Å²) in [6, 6.07) is -0.258. The Hall–Kier alpha value is -2.51. The first-order valence-electron chi connectivity index (χ1n) is 9.83. The Morgan fingerprint density at radius 1 is 1.07 bits per heavy atom. The largest absolute Gasteiger partial charge is 0.514 e. The van der Waals surface area contributed by atoms with Gasteiger partial charge in [0.15, 0.2) is 0 Å². The van der Waals surface area contributed by atoms with Crippen LogP contribution in [0.3, 0.4) is 0 Å². The minimum absolute atomic E-state index is 0.258. The van der Waals surface area contributed by atoms with E-state index >= 15 is 0 Å². The van der Waals surface area contributed by atoms with Crippen molar-refractivity contribution in [3.63, 3.8) is 0 Å². The van der Waals surface area contributed by atoms with Crippen molar-refractivity contribution >= 4 is 18.2 Å². The third-order valence-electron chi connectivity index (χ3n) is 4.50. The molecule has 2 rings (SSSR count). The van der Waals surface area contributed by atoms with E-state index in [9.17, 15) is 14.4 Å². The summed E-state index contributed by atoms with van der Waals surface area (Å²) in [5, 5.41) is 2.83. The van der Waals surface area contributed by atoms with E-state index in [2.05, 4.69) is 5.32 Å². The number of carbonyl (C=O) groups excluding carboxylic acids is 3. The molecule has 8 heteroatoms. The average molecular weight is 408 g/mol. The van der Waals surface area contributed by atoms with Gasteiger partial charge in [0.25, 0.3) is 0 Å². The predicted molar refractivity (Wildman–Crippen MR) is 107 cm³/mol. The van der Waals surface area contributed by atoms with Gasteiger partial charge in [-0.25, -0.2) is 9.59 Å². The highest BCUT2D eigenvalue weighted by Gasteiger charge is 2.39. The number of ether oxygens (including phenoxy) is 3. The topological polar surface area (TPSA) is 117 Å². The van der Waals surface area contributed by atoms with E-state index < -0.39 is 35.3 Å². The minimum atomic E-state index is -0.781. The highest BCUT2D eigenvalue weighted by atomic mass is 16.7. The van der Waals surface area contributed by atoms with Crippen LogP contribution in [0, 0.1) is 11.8 Å². The van der Waals surface area contributed by atoms with Gasteiger partial charge in [0.2, 0.25) is 5.91 Å². The van der Waals surface area contributed by atoms with Gasteiger partial charge < -0.3 is 25.3 Å². The van der Waals surface area contributed by atoms with Crippen molar-refractivity contribution in [2.45, 2.75) is 78.0 Å². The molecule has 1 saturated carbocycles. The fraction of sp³-hybridized carbons (Fsp3) is 0.667. The fourth-order valence-corrected chi connectivity index (χ4v) is 3.49. The summed E-state index contributed by atoms with van der Waals surface area (Å²) in [5.74, 6) is -0.827. The van der Waals surface area contributed by atoms with Crippen molar-refractivity contribution < 1.29 is 28.6 Å². The molecule has 0 spiro atoms. The zero-order valence-corrected chi connectivity index (χ0v) is 18.0. The van der Waals surface area contributed by atoms with Gasteiger partial charge in [-0.15, -0.1) is 0 Å². The zero-order valence-electron chi connectivity index (χ0n) is 18.0. The molecule has 3 N–H and O–H groups in total. The lowest BCUT2D eigenvalue weighted by atomic mass is 9.71. The van der Waals surface area contributed by atoms with Crippen LogP contribution in [0.5, 0.6) is 0 Å². The van der Waals surface area contributed by atoms with E-state index in [0.717, 1.165) is 5.57 Å². The van der Waals surface area contributed by atoms with Crippen LogP contribution in [0.4, 0.5) is 9.59 Å². The second-order valence-electron chi connectivity index (χ2n) is 9.50. The standard InChI is InChI=1S/C21H32N2O6/c1-20(2,3)28-18(25)23-13-9-12-7-8-14(27-19(26)29-21(4,5)6)11-15(12)16(10-13)17(22)24/h7,11,13,15-16H,8-10H2,1-6H3,(H2,22,24)(H,23,25)/t13-,15?,16-/m0/s1. The number of allylic oxidation sites excluding steroid dienone is 2. The molecule has 2 aliphatic rings. The van der Waals surface area contributed by atoms with Crippen molar-refractivity contribution in [2.24, 2.45) is 17.6 Å². The normalized spacial score (nSPS) is 24.4. The molecule has 0 saturated heterocycles. The Bertz CT molecular complexity index is 726. The zero-order chi connectivity index (χ0) is 22.0. The first-order valence-corrected chi connectivity index (χ1v) is 9.83. The molecule has 0 aliphatic heterocycles. The Morgan fingerprint density at radius 2 is 1.69 bits per heavy atom. The highest BCUT2D eigenvalue weighted by Crippen LogP contribution is 2.40. The molecule has 162 valence electrons. The molecule has 0 radical (unpaired) electrons. The van der Waals surface area contributed by atoms with Crippen LogP contribution in [0.1, 0.15) is 60.8 Å². The van der Waals surface area contributed by atoms with Gasteiger partial charge >= 0.3 is 12.2 Å². The highest BCUT2D eigenvalue weighted by molar-refractivity contribution is 5.78. The van der Waals surface area contributed by atoms with Gasteiger partial charge in [0, 0.05) is 24.3 Å². The maximum Gasteiger partial charge on any atom is 0.514 e. The maximum absolute atomic E-state index is 12.1. The van der Waals surface area contributed by atoms with Crippen molar-refractivity contribution in [1.82, 2.24) is 5.32 Å². The monoisotopic (exact) mass is 408 g/mol. The smallest absolute Gasteiger partial charge is 0.444 e. The van der Waals surface area contributed by atoms with E-state index in [4.69, 9.17) is 19.9 Å². The summed E-state index contributed by atoms with van der Waals surface area (Å²) < 4.78 is 15.8. The lowest BCUT2D eigenvalue weighted by molar-refractivity contribution is -0.123. The van der Waals surface area contributed by atoms with Crippen molar-refractivity contribution in [3.05, 3.63) is 23.5 Å². The minimum Gasteiger partial charge on any atom is -0.444 e. The molecular weight excluding hydrogens is 376 g/mol. The number of nitrogens with one attached hydrogen (secondary N) is 1. The Kier molecular flexibility index (Phi) is 6.65. The number of carbonyl (C=O) groups is 3. The first kappa shape index (κ1) is 22.8. The summed E-state index contributed by atoms with van der Waals surface area (Å²) in [5.41, 5.74) is 5.35. The summed E-state index contributed by atoms with van der Waals surface area (Å²) >= 11 is 0. The molecule has 2 aliphatic carbocycles. The molecular formula is C21H32N2O6. The number of nitrogens with two attached hydrogens (primary N) is 1. The molecule has 1 fully saturated rings. The Morgan fingerprint density at radius 3 is 2.24 bits per heavy atom. The fourth-order valence-electron chi connectivity index (χ4n) is 3.49. The predicted octanol–water partition coefficient (Wildman–Crippen LogP) is 3.56. The Balaban J connectivity index is 2.07. The second-order valence-corrected chi connectivity index (χ2v) is 9.50. The number of fused-ring (bicyclic) bond motifs is 1. The molecule has 29 heavy (non-hydrogen) atoms. The van der Waals surface area contributed by atoms with Crippen LogP contribution in [0.2, 0.25) is 0 Å². The van der Waals surface area contributed by atoms with Crippen LogP contribution in [0.25, 0.3) is 0 Å². The van der Waals surface area contributed by atoms with Gasteiger partial charge in [0.05, 0.1) is 0 Å². The van der Waals surface area contributed by atoms with Crippen LogP contribution >= 0.6 is 0 Å². The summed E-state index contributed by atoms with van der Waals surface area (Å²) in [6.45, 7) is 10.6. The molecule has 0 aromatic rings. The van der Waals surface area contributed by atoms with E-state index in [0.29, 0.717) is 25.0 Å². The Labute approximate surface area is 171 Å². The van der Waals surface area contributed by atoms with Gasteiger partial charge in [-0.05, 0) is 60.5 Å². The molecule has 0 aromatic carbocycles. The third-order valence-corrected chi connectivity index (χ3v) is 4.50. The lowest BCUT2D eigenvalue weighted by Gasteiger charge is -2.37. The molecule has 2 amide bonds. The molecule has 0 aromatic heterocycles. The maximum atomic E-state index is 12.1. The number of alkyl carbamates (subject to hydrolysis) is 1. The number of rotatable bonds is 3. The number of primary amides is 1. The number of hydrogen-bond acceptors (Lipinski definition) is 6. The van der Waals surface area contributed by atoms with Crippen LogP contribution in [-0.2, 0) is 19.0 Å². The SMILES string of the molecule is CC(C)(C)OC(=O)N[C@H]1CC2=CCC(OC(=O)OC(C)(C)C)=CC2[C@@H](C(N)=O)C1. The molecule has 3 atom stereocenters. The molecule has 0 heterocycles. The first-order chi connectivity index (χ1) is 13.2. The van der Waals surface area contributed by atoms with Gasteiger partial charge in [-0.2, -0.15) is 0 Å². The number of amides is 2. The number of hydrogen-bond donors (Lipinski definition) is 2. The van der Waals surface area contributed by atoms with E-state index in [-0.39, 0.29) is 12.0 Å². The summed E-state index contributed by atoms with van der Waals surface area (Å²) in [4.78, 5) is 36.1. The van der Waals surface area contributed by atoms with E-state index in [1.807, 2.05) is 6.08 Å². The third kappa shape index (κ3) is 7.11. The van der Waals surface area contributed by atoms with Gasteiger partial charge in [-0.3, -0.25) is 4.79 Å². The van der Waals surface area contributed by atoms with Crippen molar-refractivity contribution in [3.8, 4) is 0 Å². The van der Waals surface area contributed by atoms with Crippen LogP contribution < -0.4 is 11.1 Å². The van der Waals surface area contributed by atoms with E-state index in [1.165, 1.54) is 0 Å². The summed E-state index contributed by atoms with van der Waals surface area (Å²) in [6.07, 6.45) is 3.73. The lowest BCUT2D eigenvalue weighted by Crippen LogP contribution is -2.46.